The molecular formula is C24H16FN5O2. The van der Waals surface area contributed by atoms with Crippen LogP contribution in [-0.2, 0) is 0 Å². The molecule has 32 heavy (non-hydrogen) atoms. The van der Waals surface area contributed by atoms with Crippen LogP contribution in [-0.4, -0.2) is 25.7 Å². The minimum atomic E-state index is -0.624. The summed E-state index contributed by atoms with van der Waals surface area (Å²) in [4.78, 5) is 20.5. The number of amides is 1. The molecule has 3 aromatic heterocycles. The van der Waals surface area contributed by atoms with Gasteiger partial charge >= 0.3 is 0 Å². The second-order valence-corrected chi connectivity index (χ2v) is 7.01. The number of aromatic nitrogens is 4. The Labute approximate surface area is 181 Å². The van der Waals surface area contributed by atoms with E-state index in [0.29, 0.717) is 28.2 Å². The summed E-state index contributed by atoms with van der Waals surface area (Å²) in [5.41, 5.74) is 8.91. The number of benzene rings is 2. The third-order valence-corrected chi connectivity index (χ3v) is 4.91. The molecule has 2 N–H and O–H groups in total. The van der Waals surface area contributed by atoms with Gasteiger partial charge in [0.1, 0.15) is 11.6 Å². The molecule has 0 spiro atoms. The summed E-state index contributed by atoms with van der Waals surface area (Å²) in [5.74, 6) is -0.162. The molecule has 0 saturated heterocycles. The quantitative estimate of drug-likeness (QED) is 0.447. The molecule has 156 valence electrons. The zero-order valence-corrected chi connectivity index (χ0v) is 16.6. The van der Waals surface area contributed by atoms with Gasteiger partial charge in [-0.25, -0.2) is 14.1 Å². The number of nitrogens with zero attached hydrogens (tertiary/aromatic N) is 4. The van der Waals surface area contributed by atoms with Crippen LogP contribution in [0.3, 0.4) is 0 Å². The summed E-state index contributed by atoms with van der Waals surface area (Å²) in [7, 11) is 0. The van der Waals surface area contributed by atoms with Crippen LogP contribution in [0.2, 0.25) is 0 Å². The molecule has 0 aliphatic heterocycles. The molecule has 3 heterocycles. The Bertz CT molecular complexity index is 1420. The van der Waals surface area contributed by atoms with Crippen molar-refractivity contribution in [3.8, 4) is 28.4 Å². The van der Waals surface area contributed by atoms with Crippen molar-refractivity contribution in [2.24, 2.45) is 5.73 Å². The molecule has 0 bridgehead atoms. The third-order valence-electron chi connectivity index (χ3n) is 4.91. The van der Waals surface area contributed by atoms with Gasteiger partial charge < -0.3 is 10.5 Å². The van der Waals surface area contributed by atoms with Crippen LogP contribution >= 0.6 is 0 Å². The predicted molar refractivity (Wildman–Crippen MR) is 117 cm³/mol. The SMILES string of the molecule is NC(=O)c1nn(-c2ccc(Oc3ccc(F)cc3)nc2)c2ccc(-c3cccnc3)cc12. The Hall–Kier alpha value is -4.59. The monoisotopic (exact) mass is 425 g/mol. The molecule has 1 amide bonds. The number of pyridine rings is 2. The van der Waals surface area contributed by atoms with E-state index in [1.54, 1.807) is 35.4 Å². The fraction of sp³-hybridized carbons (Fsp3) is 0. The Morgan fingerprint density at radius 3 is 2.50 bits per heavy atom. The van der Waals surface area contributed by atoms with Gasteiger partial charge in [0.05, 0.1) is 17.4 Å². The maximum Gasteiger partial charge on any atom is 0.269 e. The normalized spacial score (nSPS) is 10.9. The van der Waals surface area contributed by atoms with Gasteiger partial charge in [0.15, 0.2) is 5.69 Å². The first-order chi connectivity index (χ1) is 15.6. The van der Waals surface area contributed by atoms with E-state index in [1.165, 1.54) is 24.3 Å². The van der Waals surface area contributed by atoms with Gasteiger partial charge in [-0.2, -0.15) is 5.10 Å². The lowest BCUT2D eigenvalue weighted by atomic mass is 10.0. The summed E-state index contributed by atoms with van der Waals surface area (Å²) >= 11 is 0. The smallest absolute Gasteiger partial charge is 0.269 e. The van der Waals surface area contributed by atoms with Crippen molar-refractivity contribution < 1.29 is 13.9 Å². The van der Waals surface area contributed by atoms with Gasteiger partial charge in [-0.1, -0.05) is 12.1 Å². The van der Waals surface area contributed by atoms with Crippen molar-refractivity contribution >= 4 is 16.8 Å². The van der Waals surface area contributed by atoms with E-state index in [9.17, 15) is 9.18 Å². The Morgan fingerprint density at radius 1 is 0.969 bits per heavy atom. The number of ether oxygens (including phenoxy) is 1. The lowest BCUT2D eigenvalue weighted by molar-refractivity contribution is 0.0996. The summed E-state index contributed by atoms with van der Waals surface area (Å²) < 4.78 is 20.3. The van der Waals surface area contributed by atoms with E-state index in [4.69, 9.17) is 10.5 Å². The number of primary amides is 1. The van der Waals surface area contributed by atoms with Crippen molar-refractivity contribution in [2.45, 2.75) is 0 Å². The van der Waals surface area contributed by atoms with Gasteiger partial charge in [-0.3, -0.25) is 9.78 Å². The van der Waals surface area contributed by atoms with Crippen molar-refractivity contribution in [3.63, 3.8) is 0 Å². The molecule has 8 heteroatoms. The third kappa shape index (κ3) is 3.65. The highest BCUT2D eigenvalue weighted by molar-refractivity contribution is 6.05. The number of hydrogen-bond donors (Lipinski definition) is 1. The Morgan fingerprint density at radius 2 is 1.81 bits per heavy atom. The molecule has 2 aromatic carbocycles. The highest BCUT2D eigenvalue weighted by atomic mass is 19.1. The molecular weight excluding hydrogens is 409 g/mol. The maximum absolute atomic E-state index is 13.1. The molecule has 0 saturated carbocycles. The first-order valence-electron chi connectivity index (χ1n) is 9.71. The van der Waals surface area contributed by atoms with Crippen LogP contribution in [0.25, 0.3) is 27.7 Å². The first kappa shape index (κ1) is 19.4. The largest absolute Gasteiger partial charge is 0.439 e. The fourth-order valence-electron chi connectivity index (χ4n) is 3.39. The second kappa shape index (κ2) is 7.92. The number of hydrogen-bond acceptors (Lipinski definition) is 5. The van der Waals surface area contributed by atoms with E-state index >= 15 is 0 Å². The number of fused-ring (bicyclic) bond motifs is 1. The number of nitrogens with two attached hydrogens (primary N) is 1. The lowest BCUT2D eigenvalue weighted by Gasteiger charge is -2.07. The molecule has 0 fully saturated rings. The molecule has 7 nitrogen and oxygen atoms in total. The summed E-state index contributed by atoms with van der Waals surface area (Å²) in [6, 6.07) is 18.5. The van der Waals surface area contributed by atoms with Crippen molar-refractivity contribution in [1.29, 1.82) is 0 Å². The Balaban J connectivity index is 1.52. The molecule has 5 aromatic rings. The predicted octanol–water partition coefficient (Wildman–Crippen LogP) is 4.51. The number of halogens is 1. The summed E-state index contributed by atoms with van der Waals surface area (Å²) in [6.45, 7) is 0. The standard InChI is InChI=1S/C24H16FN5O2/c25-17-4-7-19(8-5-17)32-22-10-6-18(14-28-22)30-21-9-3-15(16-2-1-11-27-13-16)12-20(21)23(29-30)24(26)31/h1-14H,(H2,26,31). The van der Waals surface area contributed by atoms with Gasteiger partial charge in [-0.05, 0) is 54.1 Å². The minimum absolute atomic E-state index is 0.164. The van der Waals surface area contributed by atoms with Gasteiger partial charge in [0, 0.05) is 29.4 Å². The molecule has 0 aliphatic rings. The maximum atomic E-state index is 13.1. The highest BCUT2D eigenvalue weighted by Gasteiger charge is 2.17. The fourth-order valence-corrected chi connectivity index (χ4v) is 3.39. The summed E-state index contributed by atoms with van der Waals surface area (Å²) in [5, 5.41) is 5.05. The first-order valence-corrected chi connectivity index (χ1v) is 9.71. The van der Waals surface area contributed by atoms with Crippen molar-refractivity contribution in [2.75, 3.05) is 0 Å². The second-order valence-electron chi connectivity index (χ2n) is 7.01. The molecule has 0 unspecified atom stereocenters. The number of carbonyl (C=O) groups excluding carboxylic acids is 1. The van der Waals surface area contributed by atoms with Crippen LogP contribution in [0.15, 0.2) is 85.3 Å². The van der Waals surface area contributed by atoms with Gasteiger partial charge in [0.25, 0.3) is 5.91 Å². The molecule has 0 atom stereocenters. The topological polar surface area (TPSA) is 95.9 Å². The van der Waals surface area contributed by atoms with Crippen LogP contribution in [0, 0.1) is 5.82 Å². The van der Waals surface area contributed by atoms with Crippen LogP contribution < -0.4 is 10.5 Å². The van der Waals surface area contributed by atoms with E-state index < -0.39 is 5.91 Å². The number of carbonyl (C=O) groups is 1. The minimum Gasteiger partial charge on any atom is -0.439 e. The molecule has 5 rings (SSSR count). The van der Waals surface area contributed by atoms with Crippen molar-refractivity contribution in [3.05, 3.63) is 96.8 Å². The van der Waals surface area contributed by atoms with Crippen LogP contribution in [0.4, 0.5) is 4.39 Å². The van der Waals surface area contributed by atoms with Crippen LogP contribution in [0.1, 0.15) is 10.5 Å². The van der Waals surface area contributed by atoms with E-state index in [0.717, 1.165) is 11.1 Å². The number of rotatable bonds is 5. The summed E-state index contributed by atoms with van der Waals surface area (Å²) in [6.07, 6.45) is 5.02. The molecule has 0 radical (unpaired) electrons. The van der Waals surface area contributed by atoms with E-state index in [-0.39, 0.29) is 11.5 Å². The highest BCUT2D eigenvalue weighted by Crippen LogP contribution is 2.28. The van der Waals surface area contributed by atoms with E-state index in [1.807, 2.05) is 30.3 Å². The van der Waals surface area contributed by atoms with Crippen molar-refractivity contribution in [1.82, 2.24) is 19.7 Å². The lowest BCUT2D eigenvalue weighted by Crippen LogP contribution is -2.12. The zero-order valence-electron chi connectivity index (χ0n) is 16.6. The van der Waals surface area contributed by atoms with Gasteiger partial charge in [-0.15, -0.1) is 0 Å². The average molecular weight is 425 g/mol. The van der Waals surface area contributed by atoms with Gasteiger partial charge in [0.2, 0.25) is 5.88 Å². The van der Waals surface area contributed by atoms with Crippen LogP contribution in [0.5, 0.6) is 11.6 Å². The average Bonchev–Trinajstić information content (AvgIpc) is 3.21. The zero-order chi connectivity index (χ0) is 22.1. The van der Waals surface area contributed by atoms with E-state index in [2.05, 4.69) is 15.1 Å². The Kier molecular flexibility index (Phi) is 4.79. The molecule has 0 aliphatic carbocycles.